The van der Waals surface area contributed by atoms with Crippen LogP contribution in [0.25, 0.3) is 0 Å². The van der Waals surface area contributed by atoms with Gasteiger partial charge in [0.2, 0.25) is 15.9 Å². The van der Waals surface area contributed by atoms with Gasteiger partial charge in [-0.3, -0.25) is 9.69 Å². The number of allylic oxidation sites excluding steroid dienone is 1. The second-order valence-electron chi connectivity index (χ2n) is 7.66. The van der Waals surface area contributed by atoms with Crippen LogP contribution in [-0.4, -0.2) is 74.1 Å². The van der Waals surface area contributed by atoms with E-state index in [1.54, 1.807) is 6.08 Å². The molecule has 0 radical (unpaired) electrons. The van der Waals surface area contributed by atoms with Crippen molar-refractivity contribution in [1.29, 1.82) is 0 Å². The van der Waals surface area contributed by atoms with E-state index in [4.69, 9.17) is 10.5 Å². The molecule has 1 aliphatic rings. The summed E-state index contributed by atoms with van der Waals surface area (Å²) in [6.07, 6.45) is 1.79. The Bertz CT molecular complexity index is 1030. The van der Waals surface area contributed by atoms with Gasteiger partial charge >= 0.3 is 0 Å². The summed E-state index contributed by atoms with van der Waals surface area (Å²) in [5, 5.41) is 10.4. The monoisotopic (exact) mass is 459 g/mol. The first-order valence-corrected chi connectivity index (χ1v) is 11.9. The second-order valence-corrected chi connectivity index (χ2v) is 9.60. The van der Waals surface area contributed by atoms with Crippen LogP contribution < -0.4 is 10.5 Å². The van der Waals surface area contributed by atoms with Gasteiger partial charge in [-0.25, -0.2) is 8.42 Å². The van der Waals surface area contributed by atoms with Gasteiger partial charge in [-0.05, 0) is 42.3 Å². The summed E-state index contributed by atoms with van der Waals surface area (Å²) in [7, 11) is -3.65. The maximum absolute atomic E-state index is 12.9. The van der Waals surface area contributed by atoms with Crippen LogP contribution in [-0.2, 0) is 16.4 Å². The Hall–Kier alpha value is -2.72. The third-order valence-electron chi connectivity index (χ3n) is 5.34. The Kier molecular flexibility index (Phi) is 8.03. The molecule has 0 unspecified atom stereocenters. The largest absolute Gasteiger partial charge is 0.491 e. The van der Waals surface area contributed by atoms with Crippen molar-refractivity contribution in [2.45, 2.75) is 17.4 Å². The fraction of sp³-hybridized carbons (Fsp3) is 0.348. The molecule has 0 saturated carbocycles. The maximum Gasteiger partial charge on any atom is 0.248 e. The van der Waals surface area contributed by atoms with Gasteiger partial charge in [0.25, 0.3) is 0 Å². The van der Waals surface area contributed by atoms with Crippen LogP contribution >= 0.6 is 0 Å². The first-order valence-electron chi connectivity index (χ1n) is 10.4. The summed E-state index contributed by atoms with van der Waals surface area (Å²) in [6.45, 7) is 5.93. The number of benzene rings is 2. The number of amides is 1. The highest BCUT2D eigenvalue weighted by Crippen LogP contribution is 2.20. The second kappa shape index (κ2) is 10.7. The van der Waals surface area contributed by atoms with Crippen LogP contribution in [0.1, 0.15) is 15.9 Å². The molecular formula is C23H29N3O5S. The number of sulfonamides is 1. The van der Waals surface area contributed by atoms with Crippen molar-refractivity contribution < 1.29 is 23.1 Å². The van der Waals surface area contributed by atoms with Crippen LogP contribution in [0.5, 0.6) is 5.75 Å². The van der Waals surface area contributed by atoms with Crippen LogP contribution in [0.4, 0.5) is 0 Å². The van der Waals surface area contributed by atoms with Crippen LogP contribution in [0.15, 0.2) is 66.1 Å². The Morgan fingerprint density at radius 1 is 1.12 bits per heavy atom. The molecule has 0 aliphatic carbocycles. The molecule has 0 bridgehead atoms. The van der Waals surface area contributed by atoms with Gasteiger partial charge in [-0.1, -0.05) is 24.3 Å². The lowest BCUT2D eigenvalue weighted by atomic mass is 10.1. The number of hydrogen-bond acceptors (Lipinski definition) is 6. The van der Waals surface area contributed by atoms with E-state index < -0.39 is 22.0 Å². The molecule has 0 spiro atoms. The quantitative estimate of drug-likeness (QED) is 0.517. The van der Waals surface area contributed by atoms with E-state index in [9.17, 15) is 18.3 Å². The average molecular weight is 460 g/mol. The van der Waals surface area contributed by atoms with Crippen molar-refractivity contribution in [3.8, 4) is 5.75 Å². The first-order chi connectivity index (χ1) is 15.3. The van der Waals surface area contributed by atoms with Gasteiger partial charge in [0.1, 0.15) is 18.5 Å². The minimum Gasteiger partial charge on any atom is -0.491 e. The van der Waals surface area contributed by atoms with Crippen molar-refractivity contribution in [2.24, 2.45) is 5.73 Å². The molecule has 2 aromatic rings. The van der Waals surface area contributed by atoms with Gasteiger partial charge in [-0.15, -0.1) is 6.58 Å². The summed E-state index contributed by atoms with van der Waals surface area (Å²) < 4.78 is 32.9. The fourth-order valence-electron chi connectivity index (χ4n) is 3.60. The lowest BCUT2D eigenvalue weighted by molar-refractivity contribution is 0.0566. The highest BCUT2D eigenvalue weighted by molar-refractivity contribution is 7.89. The van der Waals surface area contributed by atoms with Crippen LogP contribution in [0.2, 0.25) is 0 Å². The lowest BCUT2D eigenvalue weighted by Gasteiger charge is -2.34. The smallest absolute Gasteiger partial charge is 0.248 e. The number of aliphatic hydroxyl groups is 1. The van der Waals surface area contributed by atoms with Crippen LogP contribution in [0, 0.1) is 0 Å². The molecule has 1 saturated heterocycles. The number of carbonyl (C=O) groups excluding carboxylic acids is 1. The molecule has 1 heterocycles. The topological polar surface area (TPSA) is 113 Å². The number of piperazine rings is 1. The predicted octanol–water partition coefficient (Wildman–Crippen LogP) is 1.26. The Morgan fingerprint density at radius 3 is 2.41 bits per heavy atom. The summed E-state index contributed by atoms with van der Waals surface area (Å²) in [5.41, 5.74) is 6.48. The summed E-state index contributed by atoms with van der Waals surface area (Å²) in [6, 6.07) is 13.3. The number of aliphatic hydroxyl groups excluding tert-OH is 1. The molecule has 3 rings (SSSR count). The van der Waals surface area contributed by atoms with E-state index in [0.29, 0.717) is 39.1 Å². The number of nitrogens with zero attached hydrogens (tertiary/aromatic N) is 2. The van der Waals surface area contributed by atoms with E-state index in [-0.39, 0.29) is 17.1 Å². The summed E-state index contributed by atoms with van der Waals surface area (Å²) >= 11 is 0. The molecule has 8 nitrogen and oxygen atoms in total. The van der Waals surface area contributed by atoms with Gasteiger partial charge < -0.3 is 15.6 Å². The number of rotatable bonds is 10. The first kappa shape index (κ1) is 23.9. The molecular weight excluding hydrogens is 430 g/mol. The fourth-order valence-corrected chi connectivity index (χ4v) is 5.02. The lowest BCUT2D eigenvalue weighted by Crippen LogP contribution is -2.50. The molecule has 1 aliphatic heterocycles. The number of para-hydroxylation sites is 1. The zero-order valence-electron chi connectivity index (χ0n) is 17.9. The van der Waals surface area contributed by atoms with Crippen molar-refractivity contribution in [2.75, 3.05) is 39.3 Å². The number of primary amides is 1. The third-order valence-corrected chi connectivity index (χ3v) is 7.26. The highest BCUT2D eigenvalue weighted by Gasteiger charge is 2.29. The molecule has 1 amide bonds. The van der Waals surface area contributed by atoms with Crippen molar-refractivity contribution >= 4 is 15.9 Å². The van der Waals surface area contributed by atoms with E-state index >= 15 is 0 Å². The Labute approximate surface area is 188 Å². The normalized spacial score (nSPS) is 16.4. The minimum absolute atomic E-state index is 0.127. The SMILES string of the molecule is C=CCc1ccccc1OC[C@H](O)CN1CCN(S(=O)(=O)c2ccc(C(N)=O)cc2)CC1. The van der Waals surface area contributed by atoms with Crippen molar-refractivity contribution in [3.63, 3.8) is 0 Å². The van der Waals surface area contributed by atoms with Gasteiger partial charge in [0, 0.05) is 38.3 Å². The van der Waals surface area contributed by atoms with E-state index in [1.807, 2.05) is 29.2 Å². The number of nitrogens with two attached hydrogens (primary N) is 1. The van der Waals surface area contributed by atoms with Crippen molar-refractivity contribution in [1.82, 2.24) is 9.21 Å². The molecule has 172 valence electrons. The summed E-state index contributed by atoms with van der Waals surface area (Å²) in [5.74, 6) is 0.124. The molecule has 9 heteroatoms. The number of hydrogen-bond donors (Lipinski definition) is 2. The number of ether oxygens (including phenoxy) is 1. The van der Waals surface area contributed by atoms with E-state index in [1.165, 1.54) is 28.6 Å². The molecule has 1 fully saturated rings. The molecule has 0 aromatic heterocycles. The van der Waals surface area contributed by atoms with Gasteiger partial charge in [0.15, 0.2) is 0 Å². The van der Waals surface area contributed by atoms with Gasteiger partial charge in [-0.2, -0.15) is 4.31 Å². The molecule has 1 atom stereocenters. The molecule has 32 heavy (non-hydrogen) atoms. The van der Waals surface area contributed by atoms with E-state index in [0.717, 1.165) is 11.3 Å². The zero-order valence-corrected chi connectivity index (χ0v) is 18.7. The zero-order chi connectivity index (χ0) is 23.1. The van der Waals surface area contributed by atoms with Gasteiger partial charge in [0.05, 0.1) is 4.90 Å². The van der Waals surface area contributed by atoms with Crippen molar-refractivity contribution in [3.05, 3.63) is 72.3 Å². The maximum atomic E-state index is 12.9. The minimum atomic E-state index is -3.65. The summed E-state index contributed by atoms with van der Waals surface area (Å²) in [4.78, 5) is 13.3. The Morgan fingerprint density at radius 2 is 1.78 bits per heavy atom. The molecule has 2 aromatic carbocycles. The van der Waals surface area contributed by atoms with Crippen LogP contribution in [0.3, 0.4) is 0 Å². The predicted molar refractivity (Wildman–Crippen MR) is 122 cm³/mol. The number of carbonyl (C=O) groups is 1. The van der Waals surface area contributed by atoms with E-state index in [2.05, 4.69) is 6.58 Å². The standard InChI is InChI=1S/C23H29N3O5S/c1-2-5-18-6-3-4-7-22(18)31-17-20(27)16-25-12-14-26(15-13-25)32(29,30)21-10-8-19(9-11-21)23(24)28/h2-4,6-11,20,27H,1,5,12-17H2,(H2,24,28)/t20-/m1/s1. The highest BCUT2D eigenvalue weighted by atomic mass is 32.2. The number of β-amino-alcohol motifs (C(OH)–C–C–N with tert-alkyl or cyclic N) is 1. The Balaban J connectivity index is 1.50. The average Bonchev–Trinajstić information content (AvgIpc) is 2.79. The third kappa shape index (κ3) is 5.95. The molecule has 3 N–H and O–H groups in total.